The first kappa shape index (κ1) is 17.2. The molecule has 2 amide bonds. The molecule has 3 rings (SSSR count). The van der Waals surface area contributed by atoms with Gasteiger partial charge in [-0.05, 0) is 11.1 Å². The third-order valence-electron chi connectivity index (χ3n) is 3.45. The number of carboxylic acids is 1. The molecular weight excluding hydrogens is 327 g/mol. The monoisotopic (exact) mass is 336 g/mol. The maximum absolute atomic E-state index is 12.1. The predicted octanol–water partition coefficient (Wildman–Crippen LogP) is -3.99. The normalized spacial score (nSPS) is 23.0. The molecule has 0 saturated carbocycles. The van der Waals surface area contributed by atoms with Crippen LogP contribution in [-0.2, 0) is 19.5 Å². The SMILES string of the molecule is O=C([O-])[C@H]1c2ccccc2[C@@H]2CN1C(=O)N2OS(=O)(=O)O.[Na+]. The molecule has 11 heteroatoms. The fraction of sp³-hybridized carbons (Fsp3) is 0.273. The van der Waals surface area contributed by atoms with Gasteiger partial charge in [-0.15, -0.1) is 4.28 Å². The van der Waals surface area contributed by atoms with E-state index >= 15 is 0 Å². The topological polar surface area (TPSA) is 127 Å². The van der Waals surface area contributed by atoms with Crippen molar-refractivity contribution in [3.05, 3.63) is 35.4 Å². The number of hydrogen-bond acceptors (Lipinski definition) is 6. The number of hydrogen-bond donors (Lipinski definition) is 1. The molecule has 1 saturated heterocycles. The first-order valence-corrected chi connectivity index (χ1v) is 7.22. The van der Waals surface area contributed by atoms with Crippen LogP contribution in [0.1, 0.15) is 23.2 Å². The summed E-state index contributed by atoms with van der Waals surface area (Å²) in [6, 6.07) is 3.16. The van der Waals surface area contributed by atoms with Crippen molar-refractivity contribution in [1.82, 2.24) is 9.96 Å². The number of amides is 2. The third-order valence-corrected chi connectivity index (χ3v) is 3.79. The summed E-state index contributed by atoms with van der Waals surface area (Å²) in [5.74, 6) is -1.48. The van der Waals surface area contributed by atoms with Gasteiger partial charge >= 0.3 is 46.0 Å². The van der Waals surface area contributed by atoms with Crippen molar-refractivity contribution < 1.29 is 61.5 Å². The number of carboxylic acid groups (broad SMARTS) is 1. The summed E-state index contributed by atoms with van der Waals surface area (Å²) >= 11 is 0. The van der Waals surface area contributed by atoms with Crippen LogP contribution in [0, 0.1) is 0 Å². The summed E-state index contributed by atoms with van der Waals surface area (Å²) in [5, 5.41) is 11.8. The van der Waals surface area contributed by atoms with E-state index in [1.165, 1.54) is 6.07 Å². The summed E-state index contributed by atoms with van der Waals surface area (Å²) < 4.78 is 34.7. The number of carbonyl (C=O) groups excluding carboxylic acids is 2. The Morgan fingerprint density at radius 1 is 1.32 bits per heavy atom. The fourth-order valence-electron chi connectivity index (χ4n) is 2.71. The Bertz CT molecular complexity index is 738. The minimum atomic E-state index is -4.90. The van der Waals surface area contributed by atoms with Gasteiger partial charge in [0.25, 0.3) is 0 Å². The number of benzene rings is 1. The maximum atomic E-state index is 12.1. The van der Waals surface area contributed by atoms with E-state index in [0.717, 1.165) is 4.90 Å². The Balaban J connectivity index is 0.00000176. The second kappa shape index (κ2) is 5.80. The Morgan fingerprint density at radius 2 is 1.91 bits per heavy atom. The number of rotatable bonds is 3. The van der Waals surface area contributed by atoms with E-state index in [0.29, 0.717) is 16.2 Å². The van der Waals surface area contributed by atoms with Crippen LogP contribution in [0.15, 0.2) is 24.3 Å². The van der Waals surface area contributed by atoms with Crippen molar-refractivity contribution >= 4 is 22.4 Å². The zero-order valence-corrected chi connectivity index (χ0v) is 14.2. The second-order valence-electron chi connectivity index (χ2n) is 4.63. The minimum Gasteiger partial charge on any atom is -0.548 e. The molecule has 9 nitrogen and oxygen atoms in total. The molecule has 2 aliphatic heterocycles. The maximum Gasteiger partial charge on any atom is 1.00 e. The van der Waals surface area contributed by atoms with Gasteiger partial charge in [-0.3, -0.25) is 4.55 Å². The summed E-state index contributed by atoms with van der Waals surface area (Å²) in [4.78, 5) is 24.3. The van der Waals surface area contributed by atoms with Crippen LogP contribution in [-0.4, -0.2) is 41.5 Å². The van der Waals surface area contributed by atoms with Crippen LogP contribution in [0.3, 0.4) is 0 Å². The molecule has 1 aromatic carbocycles. The molecule has 1 aromatic rings. The Morgan fingerprint density at radius 3 is 2.45 bits per heavy atom. The van der Waals surface area contributed by atoms with E-state index in [1.54, 1.807) is 18.2 Å². The van der Waals surface area contributed by atoms with Crippen molar-refractivity contribution in [3.8, 4) is 0 Å². The minimum absolute atomic E-state index is 0. The van der Waals surface area contributed by atoms with Gasteiger partial charge in [0, 0.05) is 0 Å². The van der Waals surface area contributed by atoms with E-state index in [-0.39, 0.29) is 36.1 Å². The number of aliphatic carboxylic acids is 1. The molecule has 22 heavy (non-hydrogen) atoms. The van der Waals surface area contributed by atoms with Crippen LogP contribution in [0.4, 0.5) is 4.79 Å². The van der Waals surface area contributed by atoms with Gasteiger partial charge in [-0.1, -0.05) is 24.3 Å². The molecule has 0 unspecified atom stereocenters. The second-order valence-corrected chi connectivity index (χ2v) is 5.63. The molecule has 0 aromatic heterocycles. The number of nitrogens with zero attached hydrogens (tertiary/aromatic N) is 2. The van der Waals surface area contributed by atoms with E-state index in [1.807, 2.05) is 0 Å². The van der Waals surface area contributed by atoms with Gasteiger partial charge < -0.3 is 14.8 Å². The zero-order chi connectivity index (χ0) is 15.4. The van der Waals surface area contributed by atoms with Gasteiger partial charge in [0.05, 0.1) is 18.6 Å². The average molecular weight is 336 g/mol. The largest absolute Gasteiger partial charge is 1.00 e. The summed E-state index contributed by atoms with van der Waals surface area (Å²) in [5.41, 5.74) is 0.751. The number of fused-ring (bicyclic) bond motifs is 4. The van der Waals surface area contributed by atoms with Crippen LogP contribution in [0.5, 0.6) is 0 Å². The molecule has 0 aliphatic carbocycles. The predicted molar refractivity (Wildman–Crippen MR) is 63.5 cm³/mol. The molecule has 2 heterocycles. The number of hydroxylamine groups is 2. The summed E-state index contributed by atoms with van der Waals surface area (Å²) in [7, 11) is -4.90. The van der Waals surface area contributed by atoms with Crippen LogP contribution in [0.2, 0.25) is 0 Å². The standard InChI is InChI=1S/C11H10N2O7S.Na/c14-10(15)9-7-4-2-1-3-6(7)8-5-12(9)11(16)13(8)20-21(17,18)19;/h1-4,8-9H,5H2,(H,14,15)(H,17,18,19);/q;+1/p-1/t8-,9+;/m0./s1. The molecule has 2 aliphatic rings. The average Bonchev–Trinajstić information content (AvgIpc) is 2.64. The van der Waals surface area contributed by atoms with E-state index < -0.39 is 34.5 Å². The van der Waals surface area contributed by atoms with Crippen LogP contribution in [0.25, 0.3) is 0 Å². The quantitative estimate of drug-likeness (QED) is 0.440. The number of urea groups is 1. The summed E-state index contributed by atoms with van der Waals surface area (Å²) in [6.45, 7) is -0.0794. The van der Waals surface area contributed by atoms with E-state index in [4.69, 9.17) is 4.55 Å². The number of carbonyl (C=O) groups is 2. The Kier molecular flexibility index (Phi) is 4.53. The van der Waals surface area contributed by atoms with Gasteiger partial charge in [0.15, 0.2) is 0 Å². The molecule has 2 bridgehead atoms. The van der Waals surface area contributed by atoms with Crippen LogP contribution >= 0.6 is 0 Å². The van der Waals surface area contributed by atoms with Gasteiger partial charge in [-0.25, -0.2) is 4.79 Å². The van der Waals surface area contributed by atoms with Crippen LogP contribution < -0.4 is 34.7 Å². The molecule has 0 spiro atoms. The van der Waals surface area contributed by atoms with E-state index in [9.17, 15) is 23.1 Å². The third kappa shape index (κ3) is 2.73. The summed E-state index contributed by atoms with van der Waals surface area (Å²) in [6.07, 6.45) is 0. The molecule has 0 radical (unpaired) electrons. The van der Waals surface area contributed by atoms with Crippen molar-refractivity contribution in [3.63, 3.8) is 0 Å². The fourth-order valence-corrected chi connectivity index (χ4v) is 3.08. The van der Waals surface area contributed by atoms with Gasteiger partial charge in [-0.2, -0.15) is 13.5 Å². The van der Waals surface area contributed by atoms with Gasteiger partial charge in [0.2, 0.25) is 0 Å². The van der Waals surface area contributed by atoms with E-state index in [2.05, 4.69) is 4.28 Å². The Hall–Kier alpha value is -1.17. The van der Waals surface area contributed by atoms with Gasteiger partial charge in [0.1, 0.15) is 6.04 Å². The van der Waals surface area contributed by atoms with Crippen molar-refractivity contribution in [2.75, 3.05) is 6.54 Å². The zero-order valence-electron chi connectivity index (χ0n) is 11.4. The first-order valence-electron chi connectivity index (χ1n) is 5.86. The smallest absolute Gasteiger partial charge is 0.548 e. The first-order chi connectivity index (χ1) is 9.79. The van der Waals surface area contributed by atoms with Crippen molar-refractivity contribution in [2.45, 2.75) is 12.1 Å². The molecule has 2 atom stereocenters. The molecular formula is C11H9N2NaO7S. The van der Waals surface area contributed by atoms with Crippen molar-refractivity contribution in [2.24, 2.45) is 0 Å². The Labute approximate surface area is 147 Å². The van der Waals surface area contributed by atoms with Crippen molar-refractivity contribution in [1.29, 1.82) is 0 Å². The molecule has 1 fully saturated rings. The molecule has 1 N–H and O–H groups in total. The molecule has 112 valence electrons.